The van der Waals surface area contributed by atoms with Gasteiger partial charge in [0.15, 0.2) is 5.75 Å². The molecule has 170 valence electrons. The molecule has 0 unspecified atom stereocenters. The second kappa shape index (κ2) is 16.7. The van der Waals surface area contributed by atoms with E-state index in [9.17, 15) is 9.59 Å². The summed E-state index contributed by atoms with van der Waals surface area (Å²) < 4.78 is 5.23. The molecule has 0 atom stereocenters. The van der Waals surface area contributed by atoms with Crippen LogP contribution in [0, 0.1) is 0 Å². The Labute approximate surface area is 182 Å². The van der Waals surface area contributed by atoms with E-state index < -0.39 is 5.97 Å². The fourth-order valence-corrected chi connectivity index (χ4v) is 3.63. The first-order valence-corrected chi connectivity index (χ1v) is 11.9. The number of benzene rings is 1. The van der Waals surface area contributed by atoms with E-state index >= 15 is 0 Å². The number of para-hydroxylation sites is 1. The van der Waals surface area contributed by atoms with E-state index in [1.54, 1.807) is 0 Å². The van der Waals surface area contributed by atoms with Crippen molar-refractivity contribution in [3.8, 4) is 5.75 Å². The predicted molar refractivity (Wildman–Crippen MR) is 123 cm³/mol. The molecule has 0 saturated carbocycles. The molecule has 30 heavy (non-hydrogen) atoms. The van der Waals surface area contributed by atoms with Crippen molar-refractivity contribution in [2.45, 2.75) is 110 Å². The number of hydrogen-bond acceptors (Lipinski definition) is 4. The van der Waals surface area contributed by atoms with Crippen LogP contribution in [0.15, 0.2) is 18.2 Å². The summed E-state index contributed by atoms with van der Waals surface area (Å²) in [6, 6.07) is 4.44. The fraction of sp³-hybridized carbons (Fsp3) is 0.680. The van der Waals surface area contributed by atoms with E-state index in [0.29, 0.717) is 6.42 Å². The van der Waals surface area contributed by atoms with Crippen LogP contribution in [-0.4, -0.2) is 17.0 Å². The summed E-state index contributed by atoms with van der Waals surface area (Å²) >= 11 is 0. The molecule has 0 saturated heterocycles. The third-order valence-electron chi connectivity index (χ3n) is 5.50. The highest BCUT2D eigenvalue weighted by atomic mass is 16.5. The lowest BCUT2D eigenvalue weighted by molar-refractivity contribution is -0.134. The van der Waals surface area contributed by atoms with E-state index in [1.807, 2.05) is 0 Å². The van der Waals surface area contributed by atoms with E-state index in [-0.39, 0.29) is 23.0 Å². The third kappa shape index (κ3) is 11.8. The van der Waals surface area contributed by atoms with E-state index in [2.05, 4.69) is 6.92 Å². The molecule has 1 rings (SSSR count). The molecule has 5 heteroatoms. The summed E-state index contributed by atoms with van der Waals surface area (Å²) in [7, 11) is 0. The first-order valence-electron chi connectivity index (χ1n) is 11.9. The van der Waals surface area contributed by atoms with Gasteiger partial charge in [-0.3, -0.25) is 4.79 Å². The number of carboxylic acid groups (broad SMARTS) is 1. The van der Waals surface area contributed by atoms with Crippen LogP contribution in [0.25, 0.3) is 0 Å². The second-order valence-electron chi connectivity index (χ2n) is 8.20. The maximum atomic E-state index is 12.0. The van der Waals surface area contributed by atoms with Gasteiger partial charge >= 0.3 is 11.9 Å². The molecule has 3 N–H and O–H groups in total. The Morgan fingerprint density at radius 1 is 0.800 bits per heavy atom. The fourth-order valence-electron chi connectivity index (χ4n) is 3.63. The van der Waals surface area contributed by atoms with Gasteiger partial charge < -0.3 is 15.6 Å². The molecular formula is C25H41NO4. The molecule has 0 aliphatic carbocycles. The number of nitrogen functional groups attached to an aromatic ring is 1. The number of anilines is 1. The first kappa shape index (κ1) is 26.0. The Kier molecular flexibility index (Phi) is 14.5. The molecular weight excluding hydrogens is 378 g/mol. The van der Waals surface area contributed by atoms with Crippen molar-refractivity contribution in [2.75, 3.05) is 5.73 Å². The van der Waals surface area contributed by atoms with Gasteiger partial charge in [-0.1, -0.05) is 103 Å². The molecule has 0 bridgehead atoms. The van der Waals surface area contributed by atoms with Crippen LogP contribution in [0.2, 0.25) is 0 Å². The Hall–Kier alpha value is -2.04. The lowest BCUT2D eigenvalue weighted by Crippen LogP contribution is -2.11. The average Bonchev–Trinajstić information content (AvgIpc) is 2.72. The summed E-state index contributed by atoms with van der Waals surface area (Å²) in [5.41, 5.74) is 5.71. The normalized spacial score (nSPS) is 10.8. The minimum Gasteiger partial charge on any atom is -0.478 e. The lowest BCUT2D eigenvalue weighted by Gasteiger charge is -2.09. The minimum atomic E-state index is -1.13. The molecule has 0 aliphatic heterocycles. The van der Waals surface area contributed by atoms with Crippen molar-refractivity contribution >= 4 is 17.6 Å². The smallest absolute Gasteiger partial charge is 0.337 e. The number of aromatic carboxylic acids is 1. The maximum Gasteiger partial charge on any atom is 0.337 e. The van der Waals surface area contributed by atoms with Crippen LogP contribution in [0.5, 0.6) is 5.75 Å². The van der Waals surface area contributed by atoms with E-state index in [4.69, 9.17) is 15.6 Å². The molecule has 1 aromatic carbocycles. The Morgan fingerprint density at radius 2 is 1.27 bits per heavy atom. The highest BCUT2D eigenvalue weighted by Gasteiger charge is 2.14. The topological polar surface area (TPSA) is 89.6 Å². The van der Waals surface area contributed by atoms with Crippen LogP contribution >= 0.6 is 0 Å². The number of nitrogens with two attached hydrogens (primary N) is 1. The average molecular weight is 420 g/mol. The number of hydrogen-bond donors (Lipinski definition) is 2. The SMILES string of the molecule is CCCCCCCCCCCCCCCCCC(=O)Oc1cccc(C(=O)O)c1N. The molecule has 0 heterocycles. The van der Waals surface area contributed by atoms with Crippen LogP contribution in [0.1, 0.15) is 120 Å². The van der Waals surface area contributed by atoms with Gasteiger partial charge in [0.05, 0.1) is 11.3 Å². The van der Waals surface area contributed by atoms with Gasteiger partial charge in [-0.2, -0.15) is 0 Å². The van der Waals surface area contributed by atoms with Crippen molar-refractivity contribution < 1.29 is 19.4 Å². The monoisotopic (exact) mass is 419 g/mol. The second-order valence-corrected chi connectivity index (χ2v) is 8.20. The van der Waals surface area contributed by atoms with E-state index in [0.717, 1.165) is 19.3 Å². The highest BCUT2D eigenvalue weighted by molar-refractivity contribution is 5.95. The van der Waals surface area contributed by atoms with Gasteiger partial charge in [0, 0.05) is 6.42 Å². The molecule has 0 aliphatic rings. The quantitative estimate of drug-likeness (QED) is 0.114. The van der Waals surface area contributed by atoms with Gasteiger partial charge in [-0.05, 0) is 18.6 Å². The zero-order valence-electron chi connectivity index (χ0n) is 18.8. The van der Waals surface area contributed by atoms with Crippen LogP contribution in [0.3, 0.4) is 0 Å². The van der Waals surface area contributed by atoms with Crippen LogP contribution < -0.4 is 10.5 Å². The lowest BCUT2D eigenvalue weighted by atomic mass is 10.0. The molecule has 0 fully saturated rings. The first-order chi connectivity index (χ1) is 14.6. The minimum absolute atomic E-state index is 0.00477. The van der Waals surface area contributed by atoms with Gasteiger partial charge in [-0.15, -0.1) is 0 Å². The van der Waals surface area contributed by atoms with Crippen molar-refractivity contribution in [2.24, 2.45) is 0 Å². The van der Waals surface area contributed by atoms with Crippen molar-refractivity contribution in [3.05, 3.63) is 23.8 Å². The van der Waals surface area contributed by atoms with Gasteiger partial charge in [0.2, 0.25) is 0 Å². The number of carboxylic acids is 1. The van der Waals surface area contributed by atoms with Crippen LogP contribution in [0.4, 0.5) is 5.69 Å². The highest BCUT2D eigenvalue weighted by Crippen LogP contribution is 2.25. The van der Waals surface area contributed by atoms with E-state index in [1.165, 1.54) is 95.2 Å². The summed E-state index contributed by atoms with van der Waals surface area (Å²) in [5, 5.41) is 9.06. The Bertz CT molecular complexity index is 615. The molecule has 0 amide bonds. The van der Waals surface area contributed by atoms with Gasteiger partial charge in [-0.25, -0.2) is 4.79 Å². The zero-order valence-corrected chi connectivity index (χ0v) is 18.8. The predicted octanol–water partition coefficient (Wildman–Crippen LogP) is 7.13. The molecule has 0 radical (unpaired) electrons. The standard InChI is InChI=1S/C25H41NO4/c1-2-3-4-5-6-7-8-9-10-11-12-13-14-15-16-20-23(27)30-22-19-17-18-21(24(22)26)25(28)29/h17-19H,2-16,20,26H2,1H3,(H,28,29). The number of rotatable bonds is 18. The summed E-state index contributed by atoms with van der Waals surface area (Å²) in [5.74, 6) is -1.37. The number of unbranched alkanes of at least 4 members (excludes halogenated alkanes) is 14. The number of ether oxygens (including phenoxy) is 1. The molecule has 0 spiro atoms. The Balaban J connectivity index is 1.97. The summed E-state index contributed by atoms with van der Waals surface area (Å²) in [6.45, 7) is 2.26. The third-order valence-corrected chi connectivity index (χ3v) is 5.50. The van der Waals surface area contributed by atoms with Crippen molar-refractivity contribution in [3.63, 3.8) is 0 Å². The number of carbonyl (C=O) groups excluding carboxylic acids is 1. The molecule has 1 aromatic rings. The molecule has 5 nitrogen and oxygen atoms in total. The summed E-state index contributed by atoms with van der Waals surface area (Å²) in [6.07, 6.45) is 19.5. The summed E-state index contributed by atoms with van der Waals surface area (Å²) in [4.78, 5) is 23.0. The van der Waals surface area contributed by atoms with Crippen molar-refractivity contribution in [1.29, 1.82) is 0 Å². The zero-order chi connectivity index (χ0) is 22.0. The molecule has 0 aromatic heterocycles. The van der Waals surface area contributed by atoms with Crippen LogP contribution in [-0.2, 0) is 4.79 Å². The number of esters is 1. The van der Waals surface area contributed by atoms with Crippen molar-refractivity contribution in [1.82, 2.24) is 0 Å². The largest absolute Gasteiger partial charge is 0.478 e. The Morgan fingerprint density at radius 3 is 1.73 bits per heavy atom. The number of carbonyl (C=O) groups is 2. The van der Waals surface area contributed by atoms with Gasteiger partial charge in [0.25, 0.3) is 0 Å². The maximum absolute atomic E-state index is 12.0. The van der Waals surface area contributed by atoms with Gasteiger partial charge in [0.1, 0.15) is 0 Å².